The van der Waals surface area contributed by atoms with Crippen LogP contribution in [0.15, 0.2) is 21.0 Å². The van der Waals surface area contributed by atoms with E-state index < -0.39 is 0 Å². The van der Waals surface area contributed by atoms with Crippen molar-refractivity contribution in [3.05, 3.63) is 27.7 Å². The number of nitrogens with one attached hydrogen (secondary N) is 2. The molecule has 7 nitrogen and oxygen atoms in total. The maximum Gasteiger partial charge on any atom is 0.253 e. The molecular weight excluding hydrogens is 264 g/mol. The molecule has 0 bridgehead atoms. The largest absolute Gasteiger partial charge is 0.383 e. The lowest BCUT2D eigenvalue weighted by molar-refractivity contribution is 0.682. The molecule has 0 aliphatic carbocycles. The number of aryl methyl sites for hydroxylation is 2. The number of aromatic nitrogens is 4. The van der Waals surface area contributed by atoms with Gasteiger partial charge in [0.1, 0.15) is 10.8 Å². The molecule has 0 atom stereocenters. The van der Waals surface area contributed by atoms with E-state index in [0.717, 1.165) is 16.3 Å². The van der Waals surface area contributed by atoms with Gasteiger partial charge in [0.05, 0.1) is 5.69 Å². The van der Waals surface area contributed by atoms with Gasteiger partial charge in [0.15, 0.2) is 5.16 Å². The molecule has 0 spiro atoms. The lowest BCUT2D eigenvalue weighted by atomic mass is 10.3. The summed E-state index contributed by atoms with van der Waals surface area (Å²) in [5.74, 6) is 0.209. The Labute approximate surface area is 114 Å². The van der Waals surface area contributed by atoms with Crippen LogP contribution in [0.5, 0.6) is 0 Å². The Bertz CT molecular complexity index is 647. The third kappa shape index (κ3) is 2.96. The molecule has 2 rings (SSSR count). The van der Waals surface area contributed by atoms with E-state index >= 15 is 0 Å². The van der Waals surface area contributed by atoms with Gasteiger partial charge >= 0.3 is 0 Å². The van der Waals surface area contributed by atoms with Crippen molar-refractivity contribution in [1.82, 2.24) is 25.1 Å². The van der Waals surface area contributed by atoms with Crippen LogP contribution in [0.4, 0.5) is 5.82 Å². The number of nitrogen functional groups attached to an aromatic ring is 1. The van der Waals surface area contributed by atoms with Crippen molar-refractivity contribution in [1.29, 1.82) is 0 Å². The lowest BCUT2D eigenvalue weighted by Gasteiger charge is -2.05. The first-order chi connectivity index (χ1) is 9.01. The fraction of sp³-hybridized carbons (Fsp3) is 0.364. The van der Waals surface area contributed by atoms with Gasteiger partial charge in [-0.05, 0) is 25.7 Å². The number of hydrogen-bond donors (Lipinski definition) is 3. The Morgan fingerprint density at radius 3 is 2.95 bits per heavy atom. The van der Waals surface area contributed by atoms with Crippen LogP contribution < -0.4 is 16.6 Å². The number of hydrogen-bond acceptors (Lipinski definition) is 6. The summed E-state index contributed by atoms with van der Waals surface area (Å²) >= 11 is 1.34. The molecule has 0 saturated carbocycles. The first kappa shape index (κ1) is 13.6. The minimum atomic E-state index is -0.260. The van der Waals surface area contributed by atoms with Crippen molar-refractivity contribution in [3.8, 4) is 0 Å². The molecular formula is C11H16N6OS. The summed E-state index contributed by atoms with van der Waals surface area (Å²) in [4.78, 5) is 18.1. The topological polar surface area (TPSA) is 102 Å². The van der Waals surface area contributed by atoms with Crippen LogP contribution in [0, 0.1) is 6.92 Å². The highest BCUT2D eigenvalue weighted by molar-refractivity contribution is 7.99. The van der Waals surface area contributed by atoms with Crippen molar-refractivity contribution < 1.29 is 0 Å². The van der Waals surface area contributed by atoms with Crippen molar-refractivity contribution in [2.45, 2.75) is 23.7 Å². The quantitative estimate of drug-likeness (QED) is 0.695. The number of aromatic amines is 1. The Hall–Kier alpha value is -1.80. The SMILES string of the molecule is CNCc1c(C)nn(C)c1Sc1nc(N)cc(=O)[nH]1. The van der Waals surface area contributed by atoms with Crippen LogP contribution >= 0.6 is 11.8 Å². The van der Waals surface area contributed by atoms with Crippen LogP contribution in [-0.4, -0.2) is 26.8 Å². The van der Waals surface area contributed by atoms with Crippen LogP contribution in [0.2, 0.25) is 0 Å². The highest BCUT2D eigenvalue weighted by Gasteiger charge is 2.15. The number of anilines is 1. The van der Waals surface area contributed by atoms with Gasteiger partial charge in [-0.15, -0.1) is 0 Å². The van der Waals surface area contributed by atoms with Crippen LogP contribution in [0.1, 0.15) is 11.3 Å². The number of H-pyrrole nitrogens is 1. The summed E-state index contributed by atoms with van der Waals surface area (Å²) < 4.78 is 1.77. The third-order valence-corrected chi connectivity index (χ3v) is 3.67. The smallest absolute Gasteiger partial charge is 0.253 e. The van der Waals surface area contributed by atoms with Gasteiger partial charge < -0.3 is 16.0 Å². The second-order valence-electron chi connectivity index (χ2n) is 4.10. The average Bonchev–Trinajstić information content (AvgIpc) is 2.55. The normalized spacial score (nSPS) is 10.9. The predicted molar refractivity (Wildman–Crippen MR) is 74.1 cm³/mol. The van der Waals surface area contributed by atoms with Gasteiger partial charge in [-0.25, -0.2) is 4.98 Å². The van der Waals surface area contributed by atoms with Crippen LogP contribution in [0.25, 0.3) is 0 Å². The molecule has 19 heavy (non-hydrogen) atoms. The highest BCUT2D eigenvalue weighted by atomic mass is 32.2. The molecule has 4 N–H and O–H groups in total. The van der Waals surface area contributed by atoms with Crippen LogP contribution in [0.3, 0.4) is 0 Å². The first-order valence-electron chi connectivity index (χ1n) is 5.73. The molecule has 0 aromatic carbocycles. The second-order valence-corrected chi connectivity index (χ2v) is 5.08. The molecule has 0 aliphatic heterocycles. The molecule has 0 saturated heterocycles. The minimum Gasteiger partial charge on any atom is -0.383 e. The molecule has 2 heterocycles. The monoisotopic (exact) mass is 280 g/mol. The molecule has 0 radical (unpaired) electrons. The van der Waals surface area contributed by atoms with Gasteiger partial charge in [-0.2, -0.15) is 5.10 Å². The molecule has 0 fully saturated rings. The summed E-state index contributed by atoms with van der Waals surface area (Å²) in [6.07, 6.45) is 0. The number of nitrogens with zero attached hydrogens (tertiary/aromatic N) is 3. The van der Waals surface area contributed by atoms with Crippen molar-refractivity contribution >= 4 is 17.6 Å². The Kier molecular flexibility index (Phi) is 3.91. The van der Waals surface area contributed by atoms with E-state index in [9.17, 15) is 4.79 Å². The van der Waals surface area contributed by atoms with Gasteiger partial charge in [-0.3, -0.25) is 9.48 Å². The van der Waals surface area contributed by atoms with Gasteiger partial charge in [0.25, 0.3) is 5.56 Å². The highest BCUT2D eigenvalue weighted by Crippen LogP contribution is 2.29. The van der Waals surface area contributed by atoms with E-state index in [2.05, 4.69) is 20.4 Å². The molecule has 0 amide bonds. The molecule has 2 aromatic heterocycles. The van der Waals surface area contributed by atoms with Gasteiger partial charge in [0, 0.05) is 25.2 Å². The molecule has 8 heteroatoms. The van der Waals surface area contributed by atoms with E-state index in [1.54, 1.807) is 4.68 Å². The summed E-state index contributed by atoms with van der Waals surface area (Å²) in [7, 11) is 3.74. The minimum absolute atomic E-state index is 0.209. The van der Waals surface area contributed by atoms with E-state index in [1.165, 1.54) is 17.8 Å². The fourth-order valence-electron chi connectivity index (χ4n) is 1.78. The number of nitrogens with two attached hydrogens (primary N) is 1. The standard InChI is InChI=1S/C11H16N6OS/c1-6-7(5-13-2)10(17(3)16-6)19-11-14-8(12)4-9(18)15-11/h4,13H,5H2,1-3H3,(H3,12,14,15,18). The summed E-state index contributed by atoms with van der Waals surface area (Å²) in [5.41, 5.74) is 7.35. The van der Waals surface area contributed by atoms with E-state index in [1.807, 2.05) is 21.0 Å². The second kappa shape index (κ2) is 5.45. The van der Waals surface area contributed by atoms with Gasteiger partial charge in [-0.1, -0.05) is 0 Å². The van der Waals surface area contributed by atoms with Crippen molar-refractivity contribution in [3.63, 3.8) is 0 Å². The third-order valence-electron chi connectivity index (χ3n) is 2.58. The van der Waals surface area contributed by atoms with Gasteiger partial charge in [0.2, 0.25) is 0 Å². The zero-order valence-corrected chi connectivity index (χ0v) is 11.8. The summed E-state index contributed by atoms with van der Waals surface area (Å²) in [5, 5.41) is 8.87. The molecule has 2 aromatic rings. The van der Waals surface area contributed by atoms with Crippen molar-refractivity contribution in [2.24, 2.45) is 7.05 Å². The zero-order chi connectivity index (χ0) is 14.0. The maximum absolute atomic E-state index is 11.4. The first-order valence-corrected chi connectivity index (χ1v) is 6.54. The Morgan fingerprint density at radius 2 is 2.32 bits per heavy atom. The van der Waals surface area contributed by atoms with E-state index in [0.29, 0.717) is 11.7 Å². The lowest BCUT2D eigenvalue weighted by Crippen LogP contribution is -2.10. The van der Waals surface area contributed by atoms with Crippen molar-refractivity contribution in [2.75, 3.05) is 12.8 Å². The molecule has 0 unspecified atom stereocenters. The molecule has 0 aliphatic rings. The zero-order valence-electron chi connectivity index (χ0n) is 11.0. The Morgan fingerprint density at radius 1 is 1.58 bits per heavy atom. The van der Waals surface area contributed by atoms with Crippen LogP contribution in [-0.2, 0) is 13.6 Å². The van der Waals surface area contributed by atoms with E-state index in [-0.39, 0.29) is 11.4 Å². The summed E-state index contributed by atoms with van der Waals surface area (Å²) in [6, 6.07) is 1.26. The Balaban J connectivity index is 2.39. The number of rotatable bonds is 4. The predicted octanol–water partition coefficient (Wildman–Crippen LogP) is 0.265. The maximum atomic E-state index is 11.4. The molecule has 102 valence electrons. The summed E-state index contributed by atoms with van der Waals surface area (Å²) in [6.45, 7) is 2.65. The van der Waals surface area contributed by atoms with E-state index in [4.69, 9.17) is 5.73 Å². The fourth-order valence-corrected chi connectivity index (χ4v) is 2.78. The average molecular weight is 280 g/mol.